The molecule has 1 aliphatic rings. The molecule has 0 aliphatic carbocycles. The van der Waals surface area contributed by atoms with E-state index in [1.54, 1.807) is 0 Å². The topological polar surface area (TPSA) is 73.2 Å². The van der Waals surface area contributed by atoms with Gasteiger partial charge < -0.3 is 15.2 Å². The largest absolute Gasteiger partial charge is 0.488 e. The summed E-state index contributed by atoms with van der Waals surface area (Å²) in [6.07, 6.45) is 2.25. The monoisotopic (exact) mass is 259 g/mol. The summed E-state index contributed by atoms with van der Waals surface area (Å²) in [6.45, 7) is 1.51. The van der Waals surface area contributed by atoms with Crippen molar-refractivity contribution in [1.29, 1.82) is 0 Å². The molecule has 0 amide bonds. The molecule has 0 spiro atoms. The van der Waals surface area contributed by atoms with Gasteiger partial charge in [-0.25, -0.2) is 0 Å². The smallest absolute Gasteiger partial charge is 0.145 e. The van der Waals surface area contributed by atoms with E-state index in [-0.39, 0.29) is 6.10 Å². The number of H-pyrrole nitrogens is 1. The van der Waals surface area contributed by atoms with E-state index in [0.717, 1.165) is 36.5 Å². The average molecular weight is 259 g/mol. The summed E-state index contributed by atoms with van der Waals surface area (Å²) >= 11 is 0. The van der Waals surface area contributed by atoms with Crippen LogP contribution in [0.1, 0.15) is 12.8 Å². The minimum Gasteiger partial charge on any atom is -0.488 e. The van der Waals surface area contributed by atoms with Crippen LogP contribution in [0.15, 0.2) is 30.3 Å². The van der Waals surface area contributed by atoms with Crippen molar-refractivity contribution < 1.29 is 9.47 Å². The highest BCUT2D eigenvalue weighted by atomic mass is 16.5. The van der Waals surface area contributed by atoms with Crippen LogP contribution in [0.25, 0.3) is 11.3 Å². The highest BCUT2D eigenvalue weighted by Crippen LogP contribution is 2.25. The van der Waals surface area contributed by atoms with Crippen molar-refractivity contribution in [2.45, 2.75) is 18.9 Å². The van der Waals surface area contributed by atoms with E-state index >= 15 is 0 Å². The summed E-state index contributed by atoms with van der Waals surface area (Å²) in [5, 5.41) is 6.83. The van der Waals surface area contributed by atoms with Gasteiger partial charge in [-0.1, -0.05) is 12.1 Å². The highest BCUT2D eigenvalue weighted by molar-refractivity contribution is 5.63. The molecule has 5 nitrogen and oxygen atoms in total. The van der Waals surface area contributed by atoms with Gasteiger partial charge in [-0.15, -0.1) is 0 Å². The van der Waals surface area contributed by atoms with Gasteiger partial charge in [0, 0.05) is 18.2 Å². The van der Waals surface area contributed by atoms with Gasteiger partial charge >= 0.3 is 0 Å². The molecule has 1 aliphatic heterocycles. The number of rotatable bonds is 3. The standard InChI is InChI=1S/C14H17N3O2/c15-14-8-13(16-17-14)10-3-1-4-11(7-10)19-12-5-2-6-18-9-12/h1,3-4,7-8,12H,2,5-6,9H2,(H3,15,16,17). The van der Waals surface area contributed by atoms with Gasteiger partial charge in [0.1, 0.15) is 17.7 Å². The van der Waals surface area contributed by atoms with Crippen LogP contribution in [0.3, 0.4) is 0 Å². The van der Waals surface area contributed by atoms with Gasteiger partial charge in [-0.2, -0.15) is 5.10 Å². The van der Waals surface area contributed by atoms with Crippen molar-refractivity contribution in [3.8, 4) is 17.0 Å². The quantitative estimate of drug-likeness (QED) is 0.886. The van der Waals surface area contributed by atoms with Gasteiger partial charge in [0.15, 0.2) is 0 Å². The predicted molar refractivity (Wildman–Crippen MR) is 72.9 cm³/mol. The lowest BCUT2D eigenvalue weighted by Crippen LogP contribution is -2.27. The van der Waals surface area contributed by atoms with Crippen molar-refractivity contribution in [3.05, 3.63) is 30.3 Å². The second kappa shape index (κ2) is 5.32. The molecule has 19 heavy (non-hydrogen) atoms. The van der Waals surface area contributed by atoms with Crippen LogP contribution >= 0.6 is 0 Å². The molecule has 100 valence electrons. The van der Waals surface area contributed by atoms with Crippen molar-refractivity contribution in [2.75, 3.05) is 18.9 Å². The van der Waals surface area contributed by atoms with E-state index in [0.29, 0.717) is 12.4 Å². The molecule has 3 rings (SSSR count). The maximum absolute atomic E-state index is 5.93. The van der Waals surface area contributed by atoms with Gasteiger partial charge in [0.05, 0.1) is 12.3 Å². The van der Waals surface area contributed by atoms with E-state index in [2.05, 4.69) is 10.2 Å². The number of hydrogen-bond donors (Lipinski definition) is 2. The molecule has 1 unspecified atom stereocenters. The van der Waals surface area contributed by atoms with E-state index in [9.17, 15) is 0 Å². The Hall–Kier alpha value is -2.01. The van der Waals surface area contributed by atoms with Crippen molar-refractivity contribution in [1.82, 2.24) is 10.2 Å². The average Bonchev–Trinajstić information content (AvgIpc) is 2.87. The molecule has 1 fully saturated rings. The van der Waals surface area contributed by atoms with E-state index in [1.807, 2.05) is 30.3 Å². The third-order valence-electron chi connectivity index (χ3n) is 3.16. The Kier molecular flexibility index (Phi) is 3.37. The first-order chi connectivity index (χ1) is 9.31. The zero-order valence-electron chi connectivity index (χ0n) is 10.6. The molecule has 0 bridgehead atoms. The minimum atomic E-state index is 0.149. The predicted octanol–water partition coefficient (Wildman–Crippen LogP) is 2.22. The minimum absolute atomic E-state index is 0.149. The van der Waals surface area contributed by atoms with Crippen LogP contribution in [0.2, 0.25) is 0 Å². The molecule has 2 heterocycles. The van der Waals surface area contributed by atoms with Crippen LogP contribution in [-0.2, 0) is 4.74 Å². The molecular formula is C14H17N3O2. The lowest BCUT2D eigenvalue weighted by Gasteiger charge is -2.23. The maximum Gasteiger partial charge on any atom is 0.145 e. The molecule has 2 aromatic rings. The Bertz CT molecular complexity index is 547. The number of nitrogens with zero attached hydrogens (tertiary/aromatic N) is 1. The molecule has 3 N–H and O–H groups in total. The van der Waals surface area contributed by atoms with Crippen LogP contribution < -0.4 is 10.5 Å². The van der Waals surface area contributed by atoms with Gasteiger partial charge in [-0.05, 0) is 25.0 Å². The number of benzene rings is 1. The Balaban J connectivity index is 1.75. The lowest BCUT2D eigenvalue weighted by molar-refractivity contribution is 0.00745. The fourth-order valence-electron chi connectivity index (χ4n) is 2.22. The molecular weight excluding hydrogens is 242 g/mol. The summed E-state index contributed by atoms with van der Waals surface area (Å²) in [5.41, 5.74) is 7.52. The summed E-state index contributed by atoms with van der Waals surface area (Å²) < 4.78 is 11.3. The Morgan fingerprint density at radius 3 is 3.05 bits per heavy atom. The molecule has 1 aromatic carbocycles. The number of hydrogen-bond acceptors (Lipinski definition) is 4. The molecule has 5 heteroatoms. The third-order valence-corrected chi connectivity index (χ3v) is 3.16. The summed E-state index contributed by atoms with van der Waals surface area (Å²) in [5.74, 6) is 1.34. The van der Waals surface area contributed by atoms with Crippen LogP contribution in [0, 0.1) is 0 Å². The van der Waals surface area contributed by atoms with Crippen molar-refractivity contribution in [2.24, 2.45) is 0 Å². The van der Waals surface area contributed by atoms with Crippen molar-refractivity contribution in [3.63, 3.8) is 0 Å². The summed E-state index contributed by atoms with van der Waals surface area (Å²) in [6, 6.07) is 9.71. The number of anilines is 1. The fourth-order valence-corrected chi connectivity index (χ4v) is 2.22. The molecule has 0 saturated carbocycles. The molecule has 1 atom stereocenters. The van der Waals surface area contributed by atoms with Gasteiger partial charge in [0.25, 0.3) is 0 Å². The second-order valence-electron chi connectivity index (χ2n) is 4.69. The van der Waals surface area contributed by atoms with Crippen LogP contribution in [0.4, 0.5) is 5.82 Å². The fraction of sp³-hybridized carbons (Fsp3) is 0.357. The zero-order chi connectivity index (χ0) is 13.1. The number of nitrogens with one attached hydrogen (secondary N) is 1. The third kappa shape index (κ3) is 2.88. The Morgan fingerprint density at radius 1 is 1.37 bits per heavy atom. The second-order valence-corrected chi connectivity index (χ2v) is 4.69. The number of ether oxygens (including phenoxy) is 2. The first-order valence-corrected chi connectivity index (χ1v) is 6.47. The number of aromatic amines is 1. The zero-order valence-corrected chi connectivity index (χ0v) is 10.6. The number of aromatic nitrogens is 2. The van der Waals surface area contributed by atoms with E-state index < -0.39 is 0 Å². The van der Waals surface area contributed by atoms with Crippen LogP contribution in [-0.4, -0.2) is 29.5 Å². The van der Waals surface area contributed by atoms with E-state index in [1.165, 1.54) is 0 Å². The number of nitrogen functional groups attached to an aromatic ring is 1. The summed E-state index contributed by atoms with van der Waals surface area (Å²) in [4.78, 5) is 0. The normalized spacial score (nSPS) is 19.3. The highest BCUT2D eigenvalue weighted by Gasteiger charge is 2.15. The van der Waals surface area contributed by atoms with Gasteiger partial charge in [-0.3, -0.25) is 5.10 Å². The SMILES string of the molecule is Nc1cc(-c2cccc(OC3CCCOC3)c2)[nH]n1. The Labute approximate surface area is 111 Å². The molecule has 1 saturated heterocycles. The first-order valence-electron chi connectivity index (χ1n) is 6.47. The number of nitrogens with two attached hydrogens (primary N) is 1. The van der Waals surface area contributed by atoms with Gasteiger partial charge in [0.2, 0.25) is 0 Å². The van der Waals surface area contributed by atoms with E-state index in [4.69, 9.17) is 15.2 Å². The maximum atomic E-state index is 5.93. The summed E-state index contributed by atoms with van der Waals surface area (Å²) in [7, 11) is 0. The first kappa shape index (κ1) is 12.0. The van der Waals surface area contributed by atoms with Crippen molar-refractivity contribution >= 4 is 5.82 Å². The Morgan fingerprint density at radius 2 is 2.32 bits per heavy atom. The molecule has 0 radical (unpaired) electrons. The molecule has 1 aromatic heterocycles. The van der Waals surface area contributed by atoms with Crippen LogP contribution in [0.5, 0.6) is 5.75 Å². The lowest BCUT2D eigenvalue weighted by atomic mass is 10.1.